The molecule has 2 bridgehead atoms. The van der Waals surface area contributed by atoms with Gasteiger partial charge < -0.3 is 16.0 Å². The summed E-state index contributed by atoms with van der Waals surface area (Å²) in [4.78, 5) is 18.7. The van der Waals surface area contributed by atoms with Crippen molar-refractivity contribution in [2.24, 2.45) is 10.9 Å². The monoisotopic (exact) mass is 513 g/mol. The van der Waals surface area contributed by atoms with Crippen LogP contribution in [0.25, 0.3) is 0 Å². The maximum Gasteiger partial charge on any atom is 0.222 e. The highest BCUT2D eigenvalue weighted by Gasteiger charge is 2.40. The van der Waals surface area contributed by atoms with Crippen LogP contribution in [0, 0.1) is 5.92 Å². The third-order valence-electron chi connectivity index (χ3n) is 5.90. The Bertz CT molecular complexity index is 652. The number of benzene rings is 1. The SMILES string of the molecule is CN=C(NCCNC(=O)C(C)C)NC1CC2CCC(C1)N2Cc1ccccc1.I. The van der Waals surface area contributed by atoms with E-state index in [2.05, 4.69) is 56.2 Å². The second-order valence-corrected chi connectivity index (χ2v) is 8.30. The predicted octanol–water partition coefficient (Wildman–Crippen LogP) is 2.74. The number of carbonyl (C=O) groups is 1. The molecule has 2 atom stereocenters. The zero-order chi connectivity index (χ0) is 19.9. The van der Waals surface area contributed by atoms with Gasteiger partial charge >= 0.3 is 0 Å². The Morgan fingerprint density at radius 1 is 1.10 bits per heavy atom. The van der Waals surface area contributed by atoms with Gasteiger partial charge in [-0.25, -0.2) is 0 Å². The number of halogens is 1. The molecule has 2 heterocycles. The van der Waals surface area contributed by atoms with Crippen molar-refractivity contribution < 1.29 is 4.79 Å². The second-order valence-electron chi connectivity index (χ2n) is 8.30. The summed E-state index contributed by atoms with van der Waals surface area (Å²) in [6, 6.07) is 12.6. The fraction of sp³-hybridized carbons (Fsp3) is 0.636. The predicted molar refractivity (Wildman–Crippen MR) is 130 cm³/mol. The van der Waals surface area contributed by atoms with Crippen LogP contribution in [0.15, 0.2) is 35.3 Å². The Balaban J connectivity index is 0.00000300. The fourth-order valence-corrected chi connectivity index (χ4v) is 4.40. The van der Waals surface area contributed by atoms with E-state index in [9.17, 15) is 4.79 Å². The smallest absolute Gasteiger partial charge is 0.222 e. The maximum atomic E-state index is 11.6. The van der Waals surface area contributed by atoms with Gasteiger partial charge in [-0.1, -0.05) is 44.2 Å². The minimum absolute atomic E-state index is 0. The number of carbonyl (C=O) groups excluding carboxylic acids is 1. The molecule has 0 aromatic heterocycles. The first kappa shape index (κ1) is 23.9. The lowest BCUT2D eigenvalue weighted by Crippen LogP contribution is -2.53. The number of guanidine groups is 1. The third-order valence-corrected chi connectivity index (χ3v) is 5.90. The minimum Gasteiger partial charge on any atom is -0.355 e. The normalized spacial score (nSPS) is 24.1. The molecule has 2 unspecified atom stereocenters. The Morgan fingerprint density at radius 2 is 1.72 bits per heavy atom. The van der Waals surface area contributed by atoms with E-state index in [-0.39, 0.29) is 35.8 Å². The largest absolute Gasteiger partial charge is 0.355 e. The highest BCUT2D eigenvalue weighted by Crippen LogP contribution is 2.36. The molecular weight excluding hydrogens is 477 g/mol. The lowest BCUT2D eigenvalue weighted by Gasteiger charge is -2.39. The highest BCUT2D eigenvalue weighted by molar-refractivity contribution is 14.0. The number of fused-ring (bicyclic) bond motifs is 2. The van der Waals surface area contributed by atoms with Crippen LogP contribution in [0.4, 0.5) is 0 Å². The van der Waals surface area contributed by atoms with Gasteiger partial charge in [0.1, 0.15) is 0 Å². The van der Waals surface area contributed by atoms with Gasteiger partial charge in [0.05, 0.1) is 0 Å². The van der Waals surface area contributed by atoms with Crippen molar-refractivity contribution in [2.75, 3.05) is 20.1 Å². The Morgan fingerprint density at radius 3 is 2.31 bits per heavy atom. The molecule has 1 amide bonds. The van der Waals surface area contributed by atoms with E-state index in [0.717, 1.165) is 25.3 Å². The van der Waals surface area contributed by atoms with Crippen molar-refractivity contribution >= 4 is 35.8 Å². The molecule has 3 rings (SSSR count). The molecule has 0 radical (unpaired) electrons. The van der Waals surface area contributed by atoms with Crippen LogP contribution in [0.1, 0.15) is 45.1 Å². The number of piperidine rings is 1. The Hall–Kier alpha value is -1.35. The first-order valence-electron chi connectivity index (χ1n) is 10.6. The molecule has 2 aliphatic heterocycles. The highest BCUT2D eigenvalue weighted by atomic mass is 127. The molecule has 162 valence electrons. The second kappa shape index (κ2) is 11.7. The lowest BCUT2D eigenvalue weighted by atomic mass is 9.96. The van der Waals surface area contributed by atoms with Crippen molar-refractivity contribution in [1.29, 1.82) is 0 Å². The summed E-state index contributed by atoms with van der Waals surface area (Å²) in [5, 5.41) is 9.85. The fourth-order valence-electron chi connectivity index (χ4n) is 4.40. The van der Waals surface area contributed by atoms with Crippen LogP contribution in [0.2, 0.25) is 0 Å². The van der Waals surface area contributed by atoms with E-state index in [4.69, 9.17) is 0 Å². The number of amides is 1. The van der Waals surface area contributed by atoms with E-state index >= 15 is 0 Å². The van der Waals surface area contributed by atoms with Crippen LogP contribution in [-0.2, 0) is 11.3 Å². The number of rotatable bonds is 7. The molecule has 1 aromatic carbocycles. The van der Waals surface area contributed by atoms with Crippen molar-refractivity contribution in [3.05, 3.63) is 35.9 Å². The lowest BCUT2D eigenvalue weighted by molar-refractivity contribution is -0.123. The number of hydrogen-bond acceptors (Lipinski definition) is 3. The van der Waals surface area contributed by atoms with E-state index in [0.29, 0.717) is 31.2 Å². The topological polar surface area (TPSA) is 68.8 Å². The first-order chi connectivity index (χ1) is 13.6. The van der Waals surface area contributed by atoms with Crippen LogP contribution < -0.4 is 16.0 Å². The summed E-state index contributed by atoms with van der Waals surface area (Å²) >= 11 is 0. The number of nitrogens with one attached hydrogen (secondary N) is 3. The number of hydrogen-bond donors (Lipinski definition) is 3. The van der Waals surface area contributed by atoms with Gasteiger partial charge in [0.15, 0.2) is 5.96 Å². The van der Waals surface area contributed by atoms with Crippen LogP contribution in [0.3, 0.4) is 0 Å². The van der Waals surface area contributed by atoms with Crippen LogP contribution >= 0.6 is 24.0 Å². The van der Waals surface area contributed by atoms with Gasteiger partial charge in [-0.3, -0.25) is 14.7 Å². The first-order valence-corrected chi connectivity index (χ1v) is 10.6. The van der Waals surface area contributed by atoms with Crippen LogP contribution in [0.5, 0.6) is 0 Å². The summed E-state index contributed by atoms with van der Waals surface area (Å²) in [5.41, 5.74) is 1.41. The molecule has 2 fully saturated rings. The summed E-state index contributed by atoms with van der Waals surface area (Å²) in [6.45, 7) is 6.16. The van der Waals surface area contributed by atoms with E-state index in [1.54, 1.807) is 7.05 Å². The van der Waals surface area contributed by atoms with Crippen molar-refractivity contribution in [1.82, 2.24) is 20.9 Å². The molecule has 2 saturated heterocycles. The molecule has 6 nitrogen and oxygen atoms in total. The molecule has 0 aliphatic carbocycles. The van der Waals surface area contributed by atoms with E-state index < -0.39 is 0 Å². The minimum atomic E-state index is 0. The molecule has 1 aromatic rings. The van der Waals surface area contributed by atoms with Crippen LogP contribution in [-0.4, -0.2) is 55.0 Å². The maximum absolute atomic E-state index is 11.6. The zero-order valence-electron chi connectivity index (χ0n) is 17.9. The summed E-state index contributed by atoms with van der Waals surface area (Å²) in [5.74, 6) is 0.945. The summed E-state index contributed by atoms with van der Waals surface area (Å²) in [6.07, 6.45) is 4.91. The van der Waals surface area contributed by atoms with Gasteiger partial charge in [-0.15, -0.1) is 24.0 Å². The average Bonchev–Trinajstić information content (AvgIpc) is 2.93. The quantitative estimate of drug-likeness (QED) is 0.227. The molecule has 3 N–H and O–H groups in total. The van der Waals surface area contributed by atoms with Crippen molar-refractivity contribution in [2.45, 2.75) is 64.2 Å². The van der Waals surface area contributed by atoms with E-state index in [1.165, 1.54) is 18.4 Å². The third kappa shape index (κ3) is 6.84. The van der Waals surface area contributed by atoms with Gasteiger partial charge in [-0.05, 0) is 31.2 Å². The Kier molecular flexibility index (Phi) is 9.68. The zero-order valence-corrected chi connectivity index (χ0v) is 20.2. The van der Waals surface area contributed by atoms with Gasteiger partial charge in [-0.2, -0.15) is 0 Å². The van der Waals surface area contributed by atoms with E-state index in [1.807, 2.05) is 13.8 Å². The summed E-state index contributed by atoms with van der Waals surface area (Å²) in [7, 11) is 1.81. The van der Waals surface area contributed by atoms with Crippen molar-refractivity contribution in [3.63, 3.8) is 0 Å². The molecular formula is C22H36IN5O. The molecule has 2 aliphatic rings. The van der Waals surface area contributed by atoms with Gasteiger partial charge in [0.2, 0.25) is 5.91 Å². The standard InChI is InChI=1S/C22H35N5O.HI/c1-16(2)21(28)24-11-12-25-22(23-3)26-18-13-19-9-10-20(14-18)27(19)15-17-7-5-4-6-8-17;/h4-8,16,18-20H,9-15H2,1-3H3,(H,24,28)(H2,23,25,26);1H. The van der Waals surface area contributed by atoms with Crippen molar-refractivity contribution in [3.8, 4) is 0 Å². The molecule has 0 spiro atoms. The average molecular weight is 513 g/mol. The van der Waals surface area contributed by atoms with Gasteiger partial charge in [0.25, 0.3) is 0 Å². The molecule has 0 saturated carbocycles. The van der Waals surface area contributed by atoms with Gasteiger partial charge in [0, 0.05) is 50.7 Å². The number of aliphatic imine (C=N–C) groups is 1. The Labute approximate surface area is 192 Å². The molecule has 7 heteroatoms. The number of nitrogens with zero attached hydrogens (tertiary/aromatic N) is 2. The molecule has 29 heavy (non-hydrogen) atoms. The summed E-state index contributed by atoms with van der Waals surface area (Å²) < 4.78 is 0.